The number of fused-ring (bicyclic) bond motifs is 1. The number of aromatic nitrogens is 5. The van der Waals surface area contributed by atoms with E-state index >= 15 is 0 Å². The van der Waals surface area contributed by atoms with Crippen molar-refractivity contribution in [2.75, 3.05) is 36.4 Å². The van der Waals surface area contributed by atoms with Crippen LogP contribution in [0, 0.1) is 6.92 Å². The van der Waals surface area contributed by atoms with Crippen molar-refractivity contribution in [2.24, 2.45) is 0 Å². The number of alkyl halides is 3. The van der Waals surface area contributed by atoms with Crippen LogP contribution < -0.4 is 10.2 Å². The van der Waals surface area contributed by atoms with Gasteiger partial charge in [-0.15, -0.1) is 5.10 Å². The highest BCUT2D eigenvalue weighted by molar-refractivity contribution is 6.30. The summed E-state index contributed by atoms with van der Waals surface area (Å²) < 4.78 is 41.7. The van der Waals surface area contributed by atoms with Gasteiger partial charge in [0.2, 0.25) is 5.95 Å². The lowest BCUT2D eigenvalue weighted by molar-refractivity contribution is -0.138. The third-order valence-electron chi connectivity index (χ3n) is 9.75. The van der Waals surface area contributed by atoms with Gasteiger partial charge in [-0.25, -0.2) is 4.52 Å². The second-order valence-electron chi connectivity index (χ2n) is 13.6. The lowest BCUT2D eigenvalue weighted by atomic mass is 9.99. The van der Waals surface area contributed by atoms with Crippen LogP contribution in [0.5, 0.6) is 0 Å². The number of H-pyrrole nitrogens is 1. The number of aromatic amines is 1. The Balaban J connectivity index is 0.881. The summed E-state index contributed by atoms with van der Waals surface area (Å²) in [4.78, 5) is 9.77. The number of halogens is 4. The summed E-state index contributed by atoms with van der Waals surface area (Å²) in [6.07, 6.45) is 13.5. The van der Waals surface area contributed by atoms with Gasteiger partial charge in [0.1, 0.15) is 5.52 Å². The minimum absolute atomic E-state index is 0.135. The molecule has 268 valence electrons. The zero-order chi connectivity index (χ0) is 34.6. The predicted molar refractivity (Wildman–Crippen MR) is 193 cm³/mol. The van der Waals surface area contributed by atoms with E-state index in [-0.39, 0.29) is 5.02 Å². The molecule has 5 rings (SSSR count). The third-order valence-corrected chi connectivity index (χ3v) is 9.98. The van der Waals surface area contributed by atoms with Crippen molar-refractivity contribution in [2.45, 2.75) is 116 Å². The van der Waals surface area contributed by atoms with Crippen LogP contribution in [0.15, 0.2) is 42.6 Å². The number of aryl methyl sites for hydroxylation is 2. The van der Waals surface area contributed by atoms with Crippen LogP contribution in [-0.2, 0) is 12.6 Å². The Hall–Kier alpha value is -3.31. The molecule has 1 aliphatic heterocycles. The molecule has 0 aliphatic carbocycles. The van der Waals surface area contributed by atoms with Gasteiger partial charge in [0.05, 0.1) is 5.56 Å². The lowest BCUT2D eigenvalue weighted by Gasteiger charge is -2.38. The van der Waals surface area contributed by atoms with Crippen LogP contribution in [0.25, 0.3) is 5.52 Å². The van der Waals surface area contributed by atoms with Crippen LogP contribution in [-0.4, -0.2) is 61.9 Å². The zero-order valence-corrected chi connectivity index (χ0v) is 29.8. The number of nitrogens with zero attached hydrogens (tertiary/aromatic N) is 6. The molecule has 4 heterocycles. The van der Waals surface area contributed by atoms with Gasteiger partial charge in [-0.1, -0.05) is 88.3 Å². The molecule has 1 fully saturated rings. The maximum Gasteiger partial charge on any atom is 0.416 e. The summed E-state index contributed by atoms with van der Waals surface area (Å²) in [5, 5.41) is 15.5. The number of hydrogen-bond acceptors (Lipinski definition) is 6. The molecule has 0 amide bonds. The van der Waals surface area contributed by atoms with E-state index in [1.54, 1.807) is 6.07 Å². The number of rotatable bonds is 19. The van der Waals surface area contributed by atoms with Crippen molar-refractivity contribution < 1.29 is 13.2 Å². The average molecular weight is 701 g/mol. The molecule has 1 saturated heterocycles. The Morgan fingerprint density at radius 2 is 1.53 bits per heavy atom. The predicted octanol–water partition coefficient (Wildman–Crippen LogP) is 10.0. The van der Waals surface area contributed by atoms with Crippen molar-refractivity contribution >= 4 is 34.7 Å². The molecule has 1 unspecified atom stereocenters. The number of anilines is 3. The van der Waals surface area contributed by atoms with Gasteiger partial charge in [-0.2, -0.15) is 23.3 Å². The van der Waals surface area contributed by atoms with Crippen LogP contribution in [0.2, 0.25) is 5.02 Å². The molecule has 2 N–H and O–H groups in total. The van der Waals surface area contributed by atoms with Gasteiger partial charge in [-0.3, -0.25) is 10.00 Å². The minimum Gasteiger partial charge on any atom is -0.337 e. The standard InChI is InChI=1S/C37H52ClF3N8/c1-28-26-34(45-44-28)42-35-33-18-15-21-49(33)46-36(43-35)48-24-22-47(23-25-48)29(2)16-13-11-9-7-5-3-4-6-8-10-12-14-17-30-19-20-31(38)27-32(30)37(39,40)41/h15,18-21,26-27,29H,3-14,16-17,22-25H2,1-2H3,(H2,42,43,44,45,46). The maximum atomic E-state index is 13.3. The fourth-order valence-corrected chi connectivity index (χ4v) is 7.02. The second-order valence-corrected chi connectivity index (χ2v) is 14.0. The van der Waals surface area contributed by atoms with E-state index in [9.17, 15) is 13.2 Å². The van der Waals surface area contributed by atoms with Crippen LogP contribution in [0.1, 0.15) is 107 Å². The molecule has 4 aromatic rings. The summed E-state index contributed by atoms with van der Waals surface area (Å²) in [6.45, 7) is 8.18. The maximum absolute atomic E-state index is 13.3. The van der Waals surface area contributed by atoms with E-state index in [0.29, 0.717) is 18.0 Å². The first-order valence-corrected chi connectivity index (χ1v) is 18.5. The SMILES string of the molecule is Cc1cc(Nc2nc(N3CCN(C(C)CCCCCCCCCCCCCCc4ccc(Cl)cc4C(F)(F)F)CC3)nn3cccc23)n[nH]1. The zero-order valence-electron chi connectivity index (χ0n) is 29.0. The number of piperazine rings is 1. The van der Waals surface area contributed by atoms with Crippen LogP contribution >= 0.6 is 11.6 Å². The highest BCUT2D eigenvalue weighted by atomic mass is 35.5. The molecule has 0 spiro atoms. The Kier molecular flexibility index (Phi) is 13.6. The number of unbranched alkanes of at least 4 members (excludes halogenated alkanes) is 11. The summed E-state index contributed by atoms with van der Waals surface area (Å²) in [5.41, 5.74) is 1.67. The first kappa shape index (κ1) is 37.0. The van der Waals surface area contributed by atoms with Gasteiger partial charge in [0.15, 0.2) is 11.6 Å². The van der Waals surface area contributed by atoms with E-state index in [0.717, 1.165) is 86.7 Å². The van der Waals surface area contributed by atoms with Crippen molar-refractivity contribution in [3.05, 3.63) is 64.4 Å². The summed E-state index contributed by atoms with van der Waals surface area (Å²) in [6, 6.07) is 10.6. The first-order valence-electron chi connectivity index (χ1n) is 18.2. The molecule has 1 aromatic carbocycles. The Labute approximate surface area is 293 Å². The molecule has 12 heteroatoms. The molecule has 0 bridgehead atoms. The molecule has 1 atom stereocenters. The number of hydrogen-bond donors (Lipinski definition) is 2. The third kappa shape index (κ3) is 11.1. The van der Waals surface area contributed by atoms with E-state index < -0.39 is 11.7 Å². The lowest BCUT2D eigenvalue weighted by Crippen LogP contribution is -2.50. The van der Waals surface area contributed by atoms with Gasteiger partial charge < -0.3 is 10.2 Å². The second kappa shape index (κ2) is 18.1. The molecule has 1 aliphatic rings. The van der Waals surface area contributed by atoms with Gasteiger partial charge in [-0.05, 0) is 62.9 Å². The van der Waals surface area contributed by atoms with Gasteiger partial charge in [0, 0.05) is 55.2 Å². The van der Waals surface area contributed by atoms with Crippen molar-refractivity contribution in [3.8, 4) is 0 Å². The largest absolute Gasteiger partial charge is 0.416 e. The topological polar surface area (TPSA) is 77.4 Å². The fraction of sp³-hybridized carbons (Fsp3) is 0.595. The number of nitrogens with one attached hydrogen (secondary N) is 2. The Morgan fingerprint density at radius 1 is 0.878 bits per heavy atom. The van der Waals surface area contributed by atoms with Crippen LogP contribution in [0.4, 0.5) is 30.8 Å². The molecule has 0 saturated carbocycles. The van der Waals surface area contributed by atoms with E-state index in [2.05, 4.69) is 32.2 Å². The van der Waals surface area contributed by atoms with Gasteiger partial charge >= 0.3 is 6.18 Å². The molecule has 49 heavy (non-hydrogen) atoms. The molecule has 0 radical (unpaired) electrons. The normalized spacial score (nSPS) is 14.9. The minimum atomic E-state index is -4.35. The summed E-state index contributed by atoms with van der Waals surface area (Å²) in [5.74, 6) is 2.24. The number of benzene rings is 1. The summed E-state index contributed by atoms with van der Waals surface area (Å²) >= 11 is 5.78. The van der Waals surface area contributed by atoms with Crippen LogP contribution in [0.3, 0.4) is 0 Å². The van der Waals surface area contributed by atoms with E-state index in [1.165, 1.54) is 63.9 Å². The highest BCUT2D eigenvalue weighted by Gasteiger charge is 2.33. The molecular formula is C37H52ClF3N8. The summed E-state index contributed by atoms with van der Waals surface area (Å²) in [7, 11) is 0. The molecule has 3 aromatic heterocycles. The van der Waals surface area contributed by atoms with Crippen molar-refractivity contribution in [1.29, 1.82) is 0 Å². The monoisotopic (exact) mass is 700 g/mol. The molecular weight excluding hydrogens is 649 g/mol. The quantitative estimate of drug-likeness (QED) is 0.0949. The van der Waals surface area contributed by atoms with Gasteiger partial charge in [0.25, 0.3) is 0 Å². The smallest absolute Gasteiger partial charge is 0.337 e. The Bertz CT molecular complexity index is 1580. The average Bonchev–Trinajstić information content (AvgIpc) is 3.73. The first-order chi connectivity index (χ1) is 23.7. The van der Waals surface area contributed by atoms with Crippen molar-refractivity contribution in [1.82, 2.24) is 29.7 Å². The fourth-order valence-electron chi connectivity index (χ4n) is 6.85. The molecule has 8 nitrogen and oxygen atoms in total. The van der Waals surface area contributed by atoms with E-state index in [1.807, 2.05) is 35.8 Å². The Morgan fingerprint density at radius 3 is 2.16 bits per heavy atom. The highest BCUT2D eigenvalue weighted by Crippen LogP contribution is 2.34. The van der Waals surface area contributed by atoms with Crippen molar-refractivity contribution in [3.63, 3.8) is 0 Å². The van der Waals surface area contributed by atoms with E-state index in [4.69, 9.17) is 21.7 Å².